The van der Waals surface area contributed by atoms with Crippen LogP contribution in [-0.2, 0) is 16.0 Å². The second kappa shape index (κ2) is 9.31. The van der Waals surface area contributed by atoms with Crippen molar-refractivity contribution in [3.8, 4) is 0 Å². The molecule has 1 atom stereocenters. The third kappa shape index (κ3) is 4.59. The lowest BCUT2D eigenvalue weighted by atomic mass is 10.0. The van der Waals surface area contributed by atoms with Gasteiger partial charge in [-0.2, -0.15) is 0 Å². The van der Waals surface area contributed by atoms with E-state index in [-0.39, 0.29) is 11.7 Å². The highest BCUT2D eigenvalue weighted by molar-refractivity contribution is 6.14. The predicted molar refractivity (Wildman–Crippen MR) is 125 cm³/mol. The van der Waals surface area contributed by atoms with Gasteiger partial charge in [0.2, 0.25) is 11.8 Å². The summed E-state index contributed by atoms with van der Waals surface area (Å²) in [6, 6.07) is 22.8. The van der Waals surface area contributed by atoms with E-state index in [1.807, 2.05) is 36.5 Å². The van der Waals surface area contributed by atoms with Crippen LogP contribution in [0.4, 0.5) is 5.69 Å². The number of nitrogens with one attached hydrogen (secondary N) is 3. The Morgan fingerprint density at radius 3 is 2.34 bits per heavy atom. The van der Waals surface area contributed by atoms with E-state index in [0.29, 0.717) is 23.2 Å². The first-order chi connectivity index (χ1) is 15.5. The molecule has 3 N–H and O–H groups in total. The SMILES string of the molecule is CC(=O)N[C@@H](Cc1c[nH]c2ccccc12)C(=O)Nc1ccccc1C(=O)c1ccccc1. The Hall–Kier alpha value is -4.19. The summed E-state index contributed by atoms with van der Waals surface area (Å²) in [6.07, 6.45) is 2.16. The van der Waals surface area contributed by atoms with Gasteiger partial charge in [0.15, 0.2) is 5.78 Å². The van der Waals surface area contributed by atoms with Crippen LogP contribution >= 0.6 is 0 Å². The molecule has 6 nitrogen and oxygen atoms in total. The summed E-state index contributed by atoms with van der Waals surface area (Å²) in [5, 5.41) is 6.57. The zero-order chi connectivity index (χ0) is 22.5. The van der Waals surface area contributed by atoms with Crippen molar-refractivity contribution in [2.45, 2.75) is 19.4 Å². The fourth-order valence-corrected chi connectivity index (χ4v) is 3.73. The average molecular weight is 425 g/mol. The summed E-state index contributed by atoms with van der Waals surface area (Å²) in [5.74, 6) is -0.883. The van der Waals surface area contributed by atoms with Gasteiger partial charge in [-0.25, -0.2) is 0 Å². The van der Waals surface area contributed by atoms with Crippen LogP contribution in [-0.4, -0.2) is 28.6 Å². The van der Waals surface area contributed by atoms with Crippen LogP contribution in [0, 0.1) is 0 Å². The normalized spacial score (nSPS) is 11.7. The molecular weight excluding hydrogens is 402 g/mol. The first kappa shape index (κ1) is 21.1. The zero-order valence-corrected chi connectivity index (χ0v) is 17.6. The molecule has 160 valence electrons. The molecule has 0 bridgehead atoms. The van der Waals surface area contributed by atoms with Crippen molar-refractivity contribution in [1.29, 1.82) is 0 Å². The molecule has 0 aliphatic rings. The van der Waals surface area contributed by atoms with E-state index >= 15 is 0 Å². The highest BCUT2D eigenvalue weighted by Crippen LogP contribution is 2.22. The first-order valence-corrected chi connectivity index (χ1v) is 10.3. The van der Waals surface area contributed by atoms with Gasteiger partial charge in [0.1, 0.15) is 6.04 Å². The molecular formula is C26H23N3O3. The van der Waals surface area contributed by atoms with Crippen LogP contribution in [0.1, 0.15) is 28.4 Å². The number of H-pyrrole nitrogens is 1. The maximum absolute atomic E-state index is 13.2. The molecule has 0 aliphatic carbocycles. The number of anilines is 1. The van der Waals surface area contributed by atoms with Crippen molar-refractivity contribution in [3.63, 3.8) is 0 Å². The Labute approximate surface area is 185 Å². The summed E-state index contributed by atoms with van der Waals surface area (Å²) in [6.45, 7) is 1.38. The van der Waals surface area contributed by atoms with Gasteiger partial charge in [-0.05, 0) is 23.8 Å². The molecule has 3 aromatic carbocycles. The third-order valence-electron chi connectivity index (χ3n) is 5.26. The second-order valence-corrected chi connectivity index (χ2v) is 7.55. The minimum absolute atomic E-state index is 0.186. The van der Waals surface area contributed by atoms with Crippen LogP contribution in [0.2, 0.25) is 0 Å². The van der Waals surface area contributed by atoms with Crippen LogP contribution < -0.4 is 10.6 Å². The lowest BCUT2D eigenvalue weighted by Gasteiger charge is -2.19. The van der Waals surface area contributed by atoms with Crippen LogP contribution in [0.15, 0.2) is 85.1 Å². The Balaban J connectivity index is 1.59. The molecule has 32 heavy (non-hydrogen) atoms. The minimum Gasteiger partial charge on any atom is -0.361 e. The van der Waals surface area contributed by atoms with Crippen LogP contribution in [0.5, 0.6) is 0 Å². The number of para-hydroxylation sites is 2. The highest BCUT2D eigenvalue weighted by Gasteiger charge is 2.23. The molecule has 0 spiro atoms. The molecule has 1 heterocycles. The largest absolute Gasteiger partial charge is 0.361 e. The van der Waals surface area contributed by atoms with Gasteiger partial charge >= 0.3 is 0 Å². The maximum atomic E-state index is 13.2. The quantitative estimate of drug-likeness (QED) is 0.390. The smallest absolute Gasteiger partial charge is 0.247 e. The number of carbonyl (C=O) groups excluding carboxylic acids is 3. The van der Waals surface area contributed by atoms with E-state index in [1.165, 1.54) is 6.92 Å². The van der Waals surface area contributed by atoms with E-state index in [0.717, 1.165) is 16.5 Å². The van der Waals surface area contributed by atoms with Crippen molar-refractivity contribution < 1.29 is 14.4 Å². The fraction of sp³-hybridized carbons (Fsp3) is 0.115. The number of fused-ring (bicyclic) bond motifs is 1. The Kier molecular flexibility index (Phi) is 6.12. The second-order valence-electron chi connectivity index (χ2n) is 7.55. The van der Waals surface area contributed by atoms with Crippen molar-refractivity contribution >= 4 is 34.2 Å². The highest BCUT2D eigenvalue weighted by atomic mass is 16.2. The van der Waals surface area contributed by atoms with Gasteiger partial charge in [-0.3, -0.25) is 14.4 Å². The summed E-state index contributed by atoms with van der Waals surface area (Å²) in [7, 11) is 0. The van der Waals surface area contributed by atoms with Crippen molar-refractivity contribution in [3.05, 3.63) is 102 Å². The van der Waals surface area contributed by atoms with Gasteiger partial charge in [0.25, 0.3) is 0 Å². The average Bonchev–Trinajstić information content (AvgIpc) is 3.22. The molecule has 1 aromatic heterocycles. The molecule has 0 aliphatic heterocycles. The van der Waals surface area contributed by atoms with Crippen molar-refractivity contribution in [2.24, 2.45) is 0 Å². The number of hydrogen-bond acceptors (Lipinski definition) is 3. The molecule has 6 heteroatoms. The number of ketones is 1. The Morgan fingerprint density at radius 1 is 0.875 bits per heavy atom. The molecule has 4 aromatic rings. The molecule has 2 amide bonds. The third-order valence-corrected chi connectivity index (χ3v) is 5.26. The number of rotatable bonds is 7. The molecule has 0 saturated heterocycles. The topological polar surface area (TPSA) is 91.1 Å². The van der Waals surface area contributed by atoms with Crippen molar-refractivity contribution in [2.75, 3.05) is 5.32 Å². The Morgan fingerprint density at radius 2 is 1.56 bits per heavy atom. The number of aromatic amines is 1. The van der Waals surface area contributed by atoms with Crippen LogP contribution in [0.3, 0.4) is 0 Å². The van der Waals surface area contributed by atoms with E-state index in [9.17, 15) is 14.4 Å². The zero-order valence-electron chi connectivity index (χ0n) is 17.6. The van der Waals surface area contributed by atoms with E-state index in [2.05, 4.69) is 15.6 Å². The summed E-state index contributed by atoms with van der Waals surface area (Å²) < 4.78 is 0. The molecule has 0 unspecified atom stereocenters. The number of aromatic nitrogens is 1. The minimum atomic E-state index is -0.799. The van der Waals surface area contributed by atoms with Gasteiger partial charge in [0.05, 0.1) is 5.69 Å². The van der Waals surface area contributed by atoms with Gasteiger partial charge in [0, 0.05) is 41.6 Å². The first-order valence-electron chi connectivity index (χ1n) is 10.3. The standard InChI is InChI=1S/C26H23N3O3/c1-17(30)28-24(15-19-16-27-22-13-7-5-11-20(19)22)26(32)29-23-14-8-6-12-21(23)25(31)18-9-3-2-4-10-18/h2-14,16,24,27H,15H2,1H3,(H,28,30)(H,29,32)/t24-/m0/s1. The number of hydrogen-bond donors (Lipinski definition) is 3. The monoisotopic (exact) mass is 425 g/mol. The van der Waals surface area contributed by atoms with Crippen LogP contribution in [0.25, 0.3) is 10.9 Å². The Bertz CT molecular complexity index is 1280. The van der Waals surface area contributed by atoms with E-state index in [4.69, 9.17) is 0 Å². The molecule has 0 fully saturated rings. The van der Waals surface area contributed by atoms with E-state index < -0.39 is 11.9 Å². The lowest BCUT2D eigenvalue weighted by Crippen LogP contribution is -2.44. The molecule has 0 saturated carbocycles. The van der Waals surface area contributed by atoms with Gasteiger partial charge < -0.3 is 15.6 Å². The number of amides is 2. The predicted octanol–water partition coefficient (Wildman–Crippen LogP) is 4.08. The van der Waals surface area contributed by atoms with Gasteiger partial charge in [-0.1, -0.05) is 60.7 Å². The maximum Gasteiger partial charge on any atom is 0.247 e. The number of carbonyl (C=O) groups is 3. The summed E-state index contributed by atoms with van der Waals surface area (Å²) in [5.41, 5.74) is 3.21. The van der Waals surface area contributed by atoms with Crippen molar-refractivity contribution in [1.82, 2.24) is 10.3 Å². The number of benzene rings is 3. The molecule has 0 radical (unpaired) electrons. The van der Waals surface area contributed by atoms with E-state index in [1.54, 1.807) is 48.5 Å². The lowest BCUT2D eigenvalue weighted by molar-refractivity contribution is -0.125. The summed E-state index contributed by atoms with van der Waals surface area (Å²) >= 11 is 0. The fourth-order valence-electron chi connectivity index (χ4n) is 3.73. The molecule has 4 rings (SSSR count). The summed E-state index contributed by atoms with van der Waals surface area (Å²) in [4.78, 5) is 41.1. The van der Waals surface area contributed by atoms with Gasteiger partial charge in [-0.15, -0.1) is 0 Å².